The molecule has 2 aromatic heterocycles. The second-order valence-corrected chi connectivity index (χ2v) is 14.6. The lowest BCUT2D eigenvalue weighted by Crippen LogP contribution is -2.54. The molecule has 49 heavy (non-hydrogen) atoms. The van der Waals surface area contributed by atoms with Crippen LogP contribution in [0.1, 0.15) is 73.2 Å². The predicted molar refractivity (Wildman–Crippen MR) is 185 cm³/mol. The van der Waals surface area contributed by atoms with Gasteiger partial charge in [0.05, 0.1) is 24.3 Å². The number of aromatic amines is 1. The summed E-state index contributed by atoms with van der Waals surface area (Å²) in [6, 6.07) is 12.2. The summed E-state index contributed by atoms with van der Waals surface area (Å²) < 4.78 is 6.13. The maximum absolute atomic E-state index is 13.4. The summed E-state index contributed by atoms with van der Waals surface area (Å²) in [6.07, 6.45) is 4.80. The third-order valence-electron chi connectivity index (χ3n) is 9.08. The van der Waals surface area contributed by atoms with Crippen LogP contribution in [0.25, 0.3) is 21.8 Å². The van der Waals surface area contributed by atoms with Crippen LogP contribution in [-0.2, 0) is 25.5 Å². The van der Waals surface area contributed by atoms with Crippen molar-refractivity contribution in [2.75, 3.05) is 31.6 Å². The molecule has 0 spiro atoms. The van der Waals surface area contributed by atoms with Crippen LogP contribution in [0.2, 0.25) is 0 Å². The van der Waals surface area contributed by atoms with Gasteiger partial charge in [0.25, 0.3) is 11.8 Å². The molecule has 2 aromatic carbocycles. The maximum atomic E-state index is 13.4. The van der Waals surface area contributed by atoms with Gasteiger partial charge in [-0.3, -0.25) is 39.2 Å². The minimum Gasteiger partial charge on any atom is -0.384 e. The van der Waals surface area contributed by atoms with E-state index in [1.807, 2.05) is 40.0 Å². The van der Waals surface area contributed by atoms with Gasteiger partial charge in [0, 0.05) is 76.6 Å². The fourth-order valence-corrected chi connectivity index (χ4v) is 6.33. The molecule has 4 aromatic rings. The van der Waals surface area contributed by atoms with Crippen molar-refractivity contribution in [1.29, 1.82) is 0 Å². The minimum absolute atomic E-state index is 0.0156. The number of ether oxygens (including phenoxy) is 1. The first kappa shape index (κ1) is 33.8. The number of pyridine rings is 1. The number of aryl methyl sites for hydroxylation is 1. The Hall–Kier alpha value is -5.10. The number of rotatable bonds is 13. The quantitative estimate of drug-likeness (QED) is 0.153. The number of carbonyl (C=O) groups excluding carboxylic acids is 5. The molecule has 12 nitrogen and oxygen atoms in total. The van der Waals surface area contributed by atoms with Crippen LogP contribution in [0, 0.1) is 10.8 Å². The number of imide groups is 2. The summed E-state index contributed by atoms with van der Waals surface area (Å²) in [5.74, 6) is -2.16. The Morgan fingerprint density at radius 3 is 2.51 bits per heavy atom. The van der Waals surface area contributed by atoms with Gasteiger partial charge in [-0.25, -0.2) is 0 Å². The summed E-state index contributed by atoms with van der Waals surface area (Å²) >= 11 is 0. The van der Waals surface area contributed by atoms with Crippen molar-refractivity contribution in [2.24, 2.45) is 10.8 Å². The molecule has 5 amide bonds. The average molecular weight is 667 g/mol. The smallest absolute Gasteiger partial charge is 0.264 e. The summed E-state index contributed by atoms with van der Waals surface area (Å²) in [5, 5.41) is 10.8. The van der Waals surface area contributed by atoms with E-state index in [9.17, 15) is 24.0 Å². The van der Waals surface area contributed by atoms with E-state index in [0.29, 0.717) is 44.8 Å². The number of amides is 5. The number of nitrogens with one attached hydrogen (secondary N) is 4. The number of nitrogens with zero attached hydrogens (tertiary/aromatic N) is 2. The standard InChI is InChI=1S/C37H42N6O6/c1-36(2,18-39-27-7-5-6-24-32(27)35(48)43(34(24)47)29-11-13-31(45)42-33(29)46)20-49-21-37(3,4)19-40-30(44)12-9-22-8-10-23-25-17-38-15-14-26(25)41-28(23)16-22/h5-8,10,14-17,29,39,41H,9,11-13,18-21H2,1-4H3,(H,40,44)(H,42,45,46). The summed E-state index contributed by atoms with van der Waals surface area (Å²) in [6.45, 7) is 9.90. The van der Waals surface area contributed by atoms with Crippen LogP contribution in [0.15, 0.2) is 54.9 Å². The molecule has 1 unspecified atom stereocenters. The zero-order valence-corrected chi connectivity index (χ0v) is 28.3. The number of aromatic nitrogens is 2. The van der Waals surface area contributed by atoms with Crippen molar-refractivity contribution in [3.8, 4) is 0 Å². The Bertz CT molecular complexity index is 1960. The van der Waals surface area contributed by atoms with Gasteiger partial charge in [0.1, 0.15) is 6.04 Å². The monoisotopic (exact) mass is 666 g/mol. The summed E-state index contributed by atoms with van der Waals surface area (Å²) in [5.41, 5.74) is 3.46. The molecular formula is C37H42N6O6. The first-order valence-corrected chi connectivity index (χ1v) is 16.6. The molecule has 0 radical (unpaired) electrons. The van der Waals surface area contributed by atoms with Gasteiger partial charge in [-0.1, -0.05) is 45.9 Å². The van der Waals surface area contributed by atoms with Crippen LogP contribution in [0.3, 0.4) is 0 Å². The van der Waals surface area contributed by atoms with E-state index in [4.69, 9.17) is 4.74 Å². The zero-order valence-electron chi connectivity index (χ0n) is 28.3. The van der Waals surface area contributed by atoms with Crippen LogP contribution >= 0.6 is 0 Å². The molecule has 1 saturated heterocycles. The number of benzene rings is 2. The Kier molecular flexibility index (Phi) is 9.26. The molecule has 6 rings (SSSR count). The van der Waals surface area contributed by atoms with E-state index in [1.165, 1.54) is 0 Å². The lowest BCUT2D eigenvalue weighted by atomic mass is 9.92. The van der Waals surface area contributed by atoms with Gasteiger partial charge >= 0.3 is 0 Å². The Morgan fingerprint density at radius 2 is 1.73 bits per heavy atom. The summed E-state index contributed by atoms with van der Waals surface area (Å²) in [4.78, 5) is 71.9. The first-order valence-electron chi connectivity index (χ1n) is 16.6. The molecule has 0 bridgehead atoms. The number of H-pyrrole nitrogens is 1. The topological polar surface area (TPSA) is 163 Å². The predicted octanol–water partition coefficient (Wildman–Crippen LogP) is 4.35. The van der Waals surface area contributed by atoms with Gasteiger partial charge in [-0.15, -0.1) is 0 Å². The highest BCUT2D eigenvalue weighted by atomic mass is 16.5. The number of anilines is 1. The SMILES string of the molecule is CC(C)(CNC(=O)CCc1ccc2c(c1)[nH]c1ccncc12)COCC(C)(C)CNc1cccc2c1C(=O)N(C1CCC(=O)NC1=O)C2=O. The van der Waals surface area contributed by atoms with Gasteiger partial charge in [-0.05, 0) is 42.7 Å². The highest BCUT2D eigenvalue weighted by molar-refractivity contribution is 6.25. The Morgan fingerprint density at radius 1 is 0.959 bits per heavy atom. The van der Waals surface area contributed by atoms with Gasteiger partial charge < -0.3 is 20.4 Å². The van der Waals surface area contributed by atoms with Crippen LogP contribution in [0.5, 0.6) is 0 Å². The molecule has 0 saturated carbocycles. The van der Waals surface area contributed by atoms with Crippen molar-refractivity contribution >= 4 is 57.0 Å². The van der Waals surface area contributed by atoms with Crippen molar-refractivity contribution < 1.29 is 28.7 Å². The van der Waals surface area contributed by atoms with Crippen molar-refractivity contribution in [3.63, 3.8) is 0 Å². The largest absolute Gasteiger partial charge is 0.384 e. The van der Waals surface area contributed by atoms with E-state index in [0.717, 1.165) is 32.3 Å². The third-order valence-corrected chi connectivity index (χ3v) is 9.08. The molecule has 4 heterocycles. The van der Waals surface area contributed by atoms with E-state index in [-0.39, 0.29) is 40.7 Å². The summed E-state index contributed by atoms with van der Waals surface area (Å²) in [7, 11) is 0. The van der Waals surface area contributed by atoms with E-state index in [2.05, 4.69) is 44.1 Å². The number of hydrogen-bond donors (Lipinski definition) is 4. The van der Waals surface area contributed by atoms with Gasteiger partial charge in [0.2, 0.25) is 17.7 Å². The van der Waals surface area contributed by atoms with E-state index < -0.39 is 29.7 Å². The second kappa shape index (κ2) is 13.4. The van der Waals surface area contributed by atoms with Crippen molar-refractivity contribution in [2.45, 2.75) is 59.4 Å². The fourth-order valence-electron chi connectivity index (χ4n) is 6.33. The van der Waals surface area contributed by atoms with Crippen LogP contribution in [-0.4, -0.2) is 76.7 Å². The minimum atomic E-state index is -1.02. The number of hydrogen-bond acceptors (Lipinski definition) is 8. The molecule has 0 aliphatic carbocycles. The number of fused-ring (bicyclic) bond motifs is 4. The molecule has 12 heteroatoms. The molecule has 1 atom stereocenters. The van der Waals surface area contributed by atoms with Crippen LogP contribution in [0.4, 0.5) is 5.69 Å². The lowest BCUT2D eigenvalue weighted by molar-refractivity contribution is -0.136. The molecule has 256 valence electrons. The molecule has 4 N–H and O–H groups in total. The number of carbonyl (C=O) groups is 5. The average Bonchev–Trinajstić information content (AvgIpc) is 3.55. The molecule has 1 fully saturated rings. The molecular weight excluding hydrogens is 624 g/mol. The Balaban J connectivity index is 0.956. The van der Waals surface area contributed by atoms with Crippen molar-refractivity contribution in [1.82, 2.24) is 25.5 Å². The zero-order chi connectivity index (χ0) is 34.9. The lowest BCUT2D eigenvalue weighted by Gasteiger charge is -2.30. The second-order valence-electron chi connectivity index (χ2n) is 14.6. The molecule has 2 aliphatic heterocycles. The van der Waals surface area contributed by atoms with Crippen LogP contribution < -0.4 is 16.0 Å². The normalized spacial score (nSPS) is 16.7. The van der Waals surface area contributed by atoms with E-state index in [1.54, 1.807) is 24.4 Å². The third kappa shape index (κ3) is 7.34. The fraction of sp³-hybridized carbons (Fsp3) is 0.405. The first-order chi connectivity index (χ1) is 23.3. The molecule has 2 aliphatic rings. The maximum Gasteiger partial charge on any atom is 0.264 e. The van der Waals surface area contributed by atoms with E-state index >= 15 is 0 Å². The highest BCUT2D eigenvalue weighted by Crippen LogP contribution is 2.33. The number of piperidine rings is 1. The highest BCUT2D eigenvalue weighted by Gasteiger charge is 2.45. The van der Waals surface area contributed by atoms with Gasteiger partial charge in [-0.2, -0.15) is 0 Å². The van der Waals surface area contributed by atoms with Crippen molar-refractivity contribution in [3.05, 3.63) is 71.5 Å². The Labute approximate surface area is 284 Å². The van der Waals surface area contributed by atoms with Gasteiger partial charge in [0.15, 0.2) is 0 Å².